The van der Waals surface area contributed by atoms with E-state index < -0.39 is 0 Å². The van der Waals surface area contributed by atoms with Crippen LogP contribution in [0.25, 0.3) is 87.9 Å². The Bertz CT molecular complexity index is 3780. The summed E-state index contributed by atoms with van der Waals surface area (Å²) in [5.74, 6) is 0. The molecule has 0 unspecified atom stereocenters. The molecule has 0 saturated carbocycles. The third kappa shape index (κ3) is 6.33. The summed E-state index contributed by atoms with van der Waals surface area (Å²) in [6.07, 6.45) is 3.86. The maximum absolute atomic E-state index is 4.15. The van der Waals surface area contributed by atoms with E-state index in [-0.39, 0.29) is 5.41 Å². The van der Waals surface area contributed by atoms with Crippen LogP contribution in [-0.2, 0) is 5.41 Å². The van der Waals surface area contributed by atoms with Gasteiger partial charge < -0.3 is 9.80 Å². The Kier molecular flexibility index (Phi) is 9.22. The molecule has 69 heavy (non-hydrogen) atoms. The predicted molar refractivity (Wildman–Crippen MR) is 299 cm³/mol. The smallest absolute Gasteiger partial charge is 0.0468 e. The fraction of sp³-hybridized carbons (Fsp3) is 0.0448. The van der Waals surface area contributed by atoms with Crippen molar-refractivity contribution in [1.82, 2.24) is 0 Å². The van der Waals surface area contributed by atoms with E-state index in [0.29, 0.717) is 0 Å². The van der Waals surface area contributed by atoms with E-state index in [1.807, 2.05) is 12.2 Å². The van der Waals surface area contributed by atoms with Crippen LogP contribution in [0.15, 0.2) is 232 Å². The van der Waals surface area contributed by atoms with Gasteiger partial charge in [-0.05, 0) is 171 Å². The van der Waals surface area contributed by atoms with Crippen LogP contribution < -0.4 is 9.80 Å². The first-order valence-corrected chi connectivity index (χ1v) is 23.9. The fourth-order valence-electron chi connectivity index (χ4n) is 11.5. The van der Waals surface area contributed by atoms with Crippen molar-refractivity contribution in [3.8, 4) is 11.1 Å². The van der Waals surface area contributed by atoms with Gasteiger partial charge in [-0.2, -0.15) is 0 Å². The largest absolute Gasteiger partial charge is 0.310 e. The van der Waals surface area contributed by atoms with Gasteiger partial charge in [-0.15, -0.1) is 0 Å². The van der Waals surface area contributed by atoms with Crippen molar-refractivity contribution in [3.63, 3.8) is 0 Å². The van der Waals surface area contributed by atoms with Gasteiger partial charge in [0.15, 0.2) is 0 Å². The number of fused-ring (bicyclic) bond motifs is 15. The summed E-state index contributed by atoms with van der Waals surface area (Å²) in [5, 5.41) is 15.1. The Morgan fingerprint density at radius 3 is 0.928 bits per heavy atom. The zero-order chi connectivity index (χ0) is 46.4. The molecule has 0 saturated heterocycles. The molecule has 0 amide bonds. The van der Waals surface area contributed by atoms with Crippen molar-refractivity contribution in [2.24, 2.45) is 0 Å². The highest BCUT2D eigenvalue weighted by Gasteiger charge is 2.37. The molecule has 0 aromatic heterocycles. The van der Waals surface area contributed by atoms with Crippen LogP contribution in [0.2, 0.25) is 0 Å². The van der Waals surface area contributed by atoms with Crippen molar-refractivity contribution < 1.29 is 0 Å². The van der Waals surface area contributed by atoms with Gasteiger partial charge in [0.25, 0.3) is 0 Å². The quantitative estimate of drug-likeness (QED) is 0.140. The summed E-state index contributed by atoms with van der Waals surface area (Å²) in [4.78, 5) is 4.84. The van der Waals surface area contributed by atoms with Crippen LogP contribution in [0.5, 0.6) is 0 Å². The van der Waals surface area contributed by atoms with Crippen molar-refractivity contribution in [3.05, 3.63) is 254 Å². The van der Waals surface area contributed by atoms with Crippen LogP contribution in [0.1, 0.15) is 36.1 Å². The Hall–Kier alpha value is -8.72. The molecule has 0 N–H and O–H groups in total. The van der Waals surface area contributed by atoms with Crippen LogP contribution in [0.3, 0.4) is 0 Å². The monoisotopic (exact) mass is 880 g/mol. The lowest BCUT2D eigenvalue weighted by atomic mass is 9.82. The maximum Gasteiger partial charge on any atom is 0.0468 e. The molecule has 0 heterocycles. The molecule has 1 aliphatic rings. The predicted octanol–water partition coefficient (Wildman–Crippen LogP) is 19.1. The van der Waals surface area contributed by atoms with E-state index >= 15 is 0 Å². The lowest BCUT2D eigenvalue weighted by molar-refractivity contribution is 0.660. The summed E-state index contributed by atoms with van der Waals surface area (Å²) in [6, 6.07) is 80.8. The molecule has 2 heteroatoms. The van der Waals surface area contributed by atoms with Crippen molar-refractivity contribution >= 4 is 111 Å². The van der Waals surface area contributed by atoms with Gasteiger partial charge in [0, 0.05) is 39.5 Å². The number of hydrogen-bond acceptors (Lipinski definition) is 2. The minimum atomic E-state index is -0.309. The zero-order valence-electron chi connectivity index (χ0n) is 38.7. The third-order valence-electron chi connectivity index (χ3n) is 14.9. The summed E-state index contributed by atoms with van der Waals surface area (Å²) in [5.41, 5.74) is 13.6. The average molecular weight is 881 g/mol. The molecule has 0 bridgehead atoms. The van der Waals surface area contributed by atoms with E-state index in [1.165, 1.54) is 86.9 Å². The van der Waals surface area contributed by atoms with Crippen molar-refractivity contribution in [2.75, 3.05) is 9.80 Å². The van der Waals surface area contributed by atoms with Crippen LogP contribution in [0, 0.1) is 0 Å². The van der Waals surface area contributed by atoms with E-state index in [0.717, 1.165) is 45.3 Å². The van der Waals surface area contributed by atoms with Crippen molar-refractivity contribution in [1.29, 1.82) is 0 Å². The molecular weight excluding hydrogens is 833 g/mol. The highest BCUT2D eigenvalue weighted by atomic mass is 15.1. The molecule has 2 nitrogen and oxygen atoms in total. The summed E-state index contributed by atoms with van der Waals surface area (Å²) < 4.78 is 0. The van der Waals surface area contributed by atoms with Crippen molar-refractivity contribution in [2.45, 2.75) is 19.3 Å². The van der Waals surface area contributed by atoms with Gasteiger partial charge in [-0.3, -0.25) is 0 Å². The molecule has 1 aliphatic carbocycles. The van der Waals surface area contributed by atoms with Gasteiger partial charge in [-0.1, -0.05) is 185 Å². The molecule has 13 rings (SSSR count). The van der Waals surface area contributed by atoms with E-state index in [4.69, 9.17) is 0 Å². The van der Waals surface area contributed by atoms with Gasteiger partial charge in [0.1, 0.15) is 0 Å². The summed E-state index contributed by atoms with van der Waals surface area (Å²) in [6.45, 7) is 13.1. The first-order valence-electron chi connectivity index (χ1n) is 23.9. The number of rotatable bonds is 8. The molecular formula is C67H48N2. The van der Waals surface area contributed by atoms with Gasteiger partial charge in [0.05, 0.1) is 0 Å². The van der Waals surface area contributed by atoms with Gasteiger partial charge in [-0.25, -0.2) is 0 Å². The van der Waals surface area contributed by atoms with E-state index in [9.17, 15) is 0 Å². The second-order valence-corrected chi connectivity index (χ2v) is 19.0. The van der Waals surface area contributed by atoms with Gasteiger partial charge >= 0.3 is 0 Å². The van der Waals surface area contributed by atoms with Crippen LogP contribution >= 0.6 is 0 Å². The first kappa shape index (κ1) is 40.5. The Balaban J connectivity index is 0.963. The minimum absolute atomic E-state index is 0.309. The number of anilines is 6. The SMILES string of the molecule is C=Cc1cccc(N(c2ccc3c(c2)C(C)(C)c2cc(N(c4cccc(C=C)c4)c4ccc5c6ccccc6c6ccccc6c5c4)ccc2-3)c2ccc3c4ccccc4c4ccccc4c3c2)c1. The normalized spacial score (nSPS) is 12.7. The lowest BCUT2D eigenvalue weighted by Crippen LogP contribution is -2.17. The standard InChI is InChI=1S/C67H48N2/c1-5-43-17-15-19-45(37-43)68(47-29-33-59-55-25-9-7-21-51(55)53-23-11-13-27-57(53)63(59)39-47)49-31-35-61-62-36-32-50(42-66(62)67(3,4)65(61)41-49)69(46-20-16-18-44(6-2)38-46)48-30-34-60-56-26-10-8-22-52(56)54-24-12-14-28-58(54)64(60)40-48/h5-42H,1-2H2,3-4H3. The molecule has 326 valence electrons. The zero-order valence-corrected chi connectivity index (χ0v) is 38.7. The number of hydrogen-bond donors (Lipinski definition) is 0. The van der Waals surface area contributed by atoms with E-state index in [2.05, 4.69) is 255 Å². The fourth-order valence-corrected chi connectivity index (χ4v) is 11.5. The minimum Gasteiger partial charge on any atom is -0.310 e. The molecule has 0 radical (unpaired) electrons. The Labute approximate surface area is 402 Å². The average Bonchev–Trinajstić information content (AvgIpc) is 3.63. The second-order valence-electron chi connectivity index (χ2n) is 19.0. The summed E-state index contributed by atoms with van der Waals surface area (Å²) >= 11 is 0. The molecule has 0 fully saturated rings. The second kappa shape index (κ2) is 15.7. The topological polar surface area (TPSA) is 6.48 Å². The van der Waals surface area contributed by atoms with E-state index in [1.54, 1.807) is 0 Å². The lowest BCUT2D eigenvalue weighted by Gasteiger charge is -2.30. The molecule has 0 aliphatic heterocycles. The van der Waals surface area contributed by atoms with Crippen LogP contribution in [0.4, 0.5) is 34.1 Å². The van der Waals surface area contributed by atoms with Gasteiger partial charge in [0.2, 0.25) is 0 Å². The molecule has 12 aromatic rings. The number of benzene rings is 12. The highest BCUT2D eigenvalue weighted by Crippen LogP contribution is 2.53. The third-order valence-corrected chi connectivity index (χ3v) is 14.9. The molecule has 0 spiro atoms. The summed E-state index contributed by atoms with van der Waals surface area (Å²) in [7, 11) is 0. The Morgan fingerprint density at radius 2 is 0.580 bits per heavy atom. The molecule has 0 atom stereocenters. The molecule has 12 aromatic carbocycles. The maximum atomic E-state index is 4.15. The number of nitrogens with zero attached hydrogens (tertiary/aromatic N) is 2. The Morgan fingerprint density at radius 1 is 0.290 bits per heavy atom. The van der Waals surface area contributed by atoms with Crippen LogP contribution in [-0.4, -0.2) is 0 Å². The first-order chi connectivity index (χ1) is 33.9. The highest BCUT2D eigenvalue weighted by molar-refractivity contribution is 6.27.